The molecule has 0 saturated heterocycles. The van der Waals surface area contributed by atoms with Crippen molar-refractivity contribution in [2.24, 2.45) is 0 Å². The number of carbonyl (C=O) groups is 1. The van der Waals surface area contributed by atoms with Gasteiger partial charge in [-0.2, -0.15) is 35.5 Å². The van der Waals surface area contributed by atoms with Crippen molar-refractivity contribution in [2.45, 2.75) is 27.3 Å². The molecular weight excluding hydrogens is 723 g/mol. The smallest absolute Gasteiger partial charge is 0.433 e. The number of hydrogen-bond donors (Lipinski definition) is 1. The molecule has 37 heavy (non-hydrogen) atoms. The maximum absolute atomic E-state index is 14.9. The lowest BCUT2D eigenvalue weighted by molar-refractivity contribution is -0.577. The Balaban J connectivity index is 2.23. The third-order valence-electron chi connectivity index (χ3n) is 5.04. The fraction of sp³-hybridized carbons (Fsp3) is 0.200. The van der Waals surface area contributed by atoms with Crippen molar-refractivity contribution in [3.63, 3.8) is 0 Å². The highest BCUT2D eigenvalue weighted by atomic mass is 127. The van der Waals surface area contributed by atoms with E-state index in [9.17, 15) is 53.5 Å². The van der Waals surface area contributed by atoms with Crippen LogP contribution in [0.2, 0.25) is 0 Å². The second-order valence-electron chi connectivity index (χ2n) is 7.35. The van der Waals surface area contributed by atoms with E-state index in [1.807, 2.05) is 5.32 Å². The Hall–Kier alpha value is -2.28. The van der Waals surface area contributed by atoms with Crippen LogP contribution < -0.4 is 10.0 Å². The first-order valence-electron chi connectivity index (χ1n) is 9.44. The van der Waals surface area contributed by atoms with E-state index in [-0.39, 0.29) is 23.2 Å². The maximum atomic E-state index is 14.9. The summed E-state index contributed by atoms with van der Waals surface area (Å²) in [5.74, 6) is -5.48. The third kappa shape index (κ3) is 5.21. The van der Waals surface area contributed by atoms with Gasteiger partial charge in [0.2, 0.25) is 15.4 Å². The van der Waals surface area contributed by atoms with Crippen molar-refractivity contribution < 1.29 is 53.1 Å². The molecule has 0 spiro atoms. The highest BCUT2D eigenvalue weighted by Gasteiger charge is 2.71. The fourth-order valence-corrected chi connectivity index (χ4v) is 5.54. The molecular formula is C20H10BrF8IN2O4S. The topological polar surface area (TPSA) is 90.2 Å². The van der Waals surface area contributed by atoms with E-state index in [1.165, 1.54) is 40.2 Å². The summed E-state index contributed by atoms with van der Waals surface area (Å²) < 4.78 is 134. The van der Waals surface area contributed by atoms with E-state index >= 15 is 0 Å². The van der Waals surface area contributed by atoms with Gasteiger partial charge < -0.3 is 10.5 Å². The summed E-state index contributed by atoms with van der Waals surface area (Å²) in [6.45, 7) is 0. The third-order valence-corrected chi connectivity index (χ3v) is 7.84. The number of anilines is 1. The molecule has 1 aromatic heterocycles. The number of pyridine rings is 1. The van der Waals surface area contributed by atoms with Crippen LogP contribution in [-0.4, -0.2) is 31.1 Å². The molecule has 0 saturated carbocycles. The number of nitrogens with one attached hydrogen (secondary N) is 1. The van der Waals surface area contributed by atoms with Crippen molar-refractivity contribution in [1.29, 1.82) is 0 Å². The summed E-state index contributed by atoms with van der Waals surface area (Å²) in [4.78, 5) is 5.69. The quantitative estimate of drug-likeness (QED) is 0.110. The Kier molecular flexibility index (Phi) is 7.75. The minimum absolute atomic E-state index is 0.0208. The SMILES string of the molecule is O=C(Nc1c(I)cc(C(F)(C(F)(F)F)C(F)(F)Br)cc1S(=O)(=O)C(F)F)c1ccc2ccc[n+]([O-])c2c1. The molecule has 0 radical (unpaired) electrons. The lowest BCUT2D eigenvalue weighted by Crippen LogP contribution is -2.49. The van der Waals surface area contributed by atoms with Gasteiger partial charge in [0.05, 0.1) is 10.6 Å². The predicted octanol–water partition coefficient (Wildman–Crippen LogP) is 6.04. The first-order chi connectivity index (χ1) is 16.8. The van der Waals surface area contributed by atoms with Crippen LogP contribution in [0.25, 0.3) is 10.9 Å². The Morgan fingerprint density at radius 2 is 1.68 bits per heavy atom. The normalized spacial score (nSPS) is 14.6. The van der Waals surface area contributed by atoms with Crippen molar-refractivity contribution in [3.05, 3.63) is 68.6 Å². The predicted molar refractivity (Wildman–Crippen MR) is 126 cm³/mol. The molecule has 1 unspecified atom stereocenters. The number of aromatic nitrogens is 1. The first kappa shape index (κ1) is 29.3. The van der Waals surface area contributed by atoms with Crippen LogP contribution in [0.5, 0.6) is 0 Å². The van der Waals surface area contributed by atoms with Gasteiger partial charge in [0.15, 0.2) is 6.20 Å². The molecule has 6 nitrogen and oxygen atoms in total. The van der Waals surface area contributed by atoms with E-state index in [2.05, 4.69) is 0 Å². The van der Waals surface area contributed by atoms with Crippen LogP contribution in [-0.2, 0) is 15.5 Å². The summed E-state index contributed by atoms with van der Waals surface area (Å²) in [7, 11) is -5.87. The van der Waals surface area contributed by atoms with Crippen LogP contribution in [0.1, 0.15) is 15.9 Å². The van der Waals surface area contributed by atoms with Crippen molar-refractivity contribution in [1.82, 2.24) is 0 Å². The second kappa shape index (κ2) is 9.79. The highest BCUT2D eigenvalue weighted by Crippen LogP contribution is 2.56. The van der Waals surface area contributed by atoms with Crippen LogP contribution in [0.4, 0.5) is 40.8 Å². The zero-order chi connectivity index (χ0) is 28.1. The molecule has 200 valence electrons. The molecule has 2 aromatic carbocycles. The molecule has 0 aliphatic heterocycles. The molecule has 0 aliphatic rings. The van der Waals surface area contributed by atoms with E-state index in [4.69, 9.17) is 0 Å². The summed E-state index contributed by atoms with van der Waals surface area (Å²) in [5.41, 5.74) is -8.89. The number of rotatable bonds is 6. The minimum Gasteiger partial charge on any atom is -0.618 e. The number of amides is 1. The summed E-state index contributed by atoms with van der Waals surface area (Å²) in [5, 5.41) is 14.3. The number of fused-ring (bicyclic) bond motifs is 1. The molecule has 0 fully saturated rings. The molecule has 3 aromatic rings. The van der Waals surface area contributed by atoms with Crippen molar-refractivity contribution in [2.75, 3.05) is 5.32 Å². The van der Waals surface area contributed by atoms with Crippen molar-refractivity contribution in [3.8, 4) is 0 Å². The fourth-order valence-electron chi connectivity index (χ4n) is 3.22. The molecule has 1 heterocycles. The number of halogens is 10. The second-order valence-corrected chi connectivity index (χ2v) is 11.4. The first-order valence-corrected chi connectivity index (χ1v) is 12.9. The Morgan fingerprint density at radius 3 is 2.22 bits per heavy atom. The van der Waals surface area contributed by atoms with Gasteiger partial charge >= 0.3 is 22.4 Å². The van der Waals surface area contributed by atoms with Crippen LogP contribution >= 0.6 is 38.5 Å². The number of nitrogens with zero attached hydrogens (tertiary/aromatic N) is 1. The Labute approximate surface area is 224 Å². The monoisotopic (exact) mass is 732 g/mol. The molecule has 1 N–H and O–H groups in total. The van der Waals surface area contributed by atoms with E-state index in [0.29, 0.717) is 10.1 Å². The highest BCUT2D eigenvalue weighted by molar-refractivity contribution is 14.1. The summed E-state index contributed by atoms with van der Waals surface area (Å²) in [6, 6.07) is 6.27. The van der Waals surface area contributed by atoms with Gasteiger partial charge in [-0.1, -0.05) is 0 Å². The van der Waals surface area contributed by atoms with Gasteiger partial charge in [-0.25, -0.2) is 12.8 Å². The van der Waals surface area contributed by atoms with Crippen LogP contribution in [0, 0.1) is 8.78 Å². The summed E-state index contributed by atoms with van der Waals surface area (Å²) >= 11 is 2.36. The van der Waals surface area contributed by atoms with Crippen LogP contribution in [0.3, 0.4) is 0 Å². The maximum Gasteiger partial charge on any atom is 0.433 e. The van der Waals surface area contributed by atoms with Crippen LogP contribution in [0.15, 0.2) is 53.6 Å². The number of hydrogen-bond acceptors (Lipinski definition) is 4. The summed E-state index contributed by atoms with van der Waals surface area (Å²) in [6.07, 6.45) is -5.24. The van der Waals surface area contributed by atoms with E-state index in [0.717, 1.165) is 34.9 Å². The minimum atomic E-state index is -6.33. The van der Waals surface area contributed by atoms with Gasteiger partial charge in [0.25, 0.3) is 5.91 Å². The molecule has 3 rings (SSSR count). The average Bonchev–Trinajstić information content (AvgIpc) is 2.77. The Bertz CT molecular complexity index is 1480. The lowest BCUT2D eigenvalue weighted by atomic mass is 9.95. The van der Waals surface area contributed by atoms with Gasteiger partial charge in [0, 0.05) is 32.2 Å². The Morgan fingerprint density at radius 1 is 1.05 bits per heavy atom. The molecule has 1 atom stereocenters. The van der Waals surface area contributed by atoms with Gasteiger partial charge in [-0.15, -0.1) is 0 Å². The van der Waals surface area contributed by atoms with Gasteiger partial charge in [0.1, 0.15) is 0 Å². The number of benzene rings is 2. The van der Waals surface area contributed by atoms with Gasteiger partial charge in [-0.3, -0.25) is 4.79 Å². The molecule has 17 heteroatoms. The average molecular weight is 733 g/mol. The van der Waals surface area contributed by atoms with E-state index in [1.54, 1.807) is 0 Å². The number of alkyl halides is 9. The van der Waals surface area contributed by atoms with Crippen molar-refractivity contribution >= 4 is 70.9 Å². The number of carbonyl (C=O) groups excluding carboxylic acids is 1. The standard InChI is InChI=1S/C20H10BrF8IN2O4S/c21-19(25,26)18(24,20(27,28)29)11-7-12(30)15(14(8-11)37(35,36)17(22)23)31-16(33)10-4-3-9-2-1-5-32(34)13(9)6-10/h1-8,17H,(H,31,33). The van der Waals surface area contributed by atoms with Gasteiger partial charge in [-0.05, 0) is 68.9 Å². The zero-order valence-corrected chi connectivity index (χ0v) is 22.0. The molecule has 0 aliphatic carbocycles. The lowest BCUT2D eigenvalue weighted by Gasteiger charge is -2.32. The molecule has 0 bridgehead atoms. The largest absolute Gasteiger partial charge is 0.618 e. The molecule has 1 amide bonds. The zero-order valence-electron chi connectivity index (χ0n) is 17.5. The number of sulfone groups is 1. The van der Waals surface area contributed by atoms with E-state index < -0.39 is 57.9 Å².